The highest BCUT2D eigenvalue weighted by molar-refractivity contribution is 5.76. The Morgan fingerprint density at radius 1 is 1.29 bits per heavy atom. The number of piperazine rings is 1. The van der Waals surface area contributed by atoms with Gasteiger partial charge in [0.2, 0.25) is 5.91 Å². The Hall–Kier alpha value is -1.82. The molecule has 1 saturated heterocycles. The van der Waals surface area contributed by atoms with Crippen molar-refractivity contribution in [2.45, 2.75) is 32.9 Å². The summed E-state index contributed by atoms with van der Waals surface area (Å²) >= 11 is 0. The Labute approximate surface area is 125 Å². The second-order valence-corrected chi connectivity index (χ2v) is 5.60. The summed E-state index contributed by atoms with van der Waals surface area (Å²) in [5.41, 5.74) is 5.95. The molecule has 1 aromatic rings. The van der Waals surface area contributed by atoms with Crippen LogP contribution in [0.1, 0.15) is 20.3 Å². The number of hydrogen-bond acceptors (Lipinski definition) is 4. The second kappa shape index (κ2) is 6.76. The van der Waals surface area contributed by atoms with Crippen LogP contribution >= 0.6 is 0 Å². The maximum absolute atomic E-state index is 12.3. The van der Waals surface area contributed by atoms with Gasteiger partial charge in [0.05, 0.1) is 0 Å². The van der Waals surface area contributed by atoms with Crippen LogP contribution in [0.25, 0.3) is 0 Å². The van der Waals surface area contributed by atoms with Crippen molar-refractivity contribution in [3.8, 4) is 0 Å². The molecule has 6 nitrogen and oxygen atoms in total. The van der Waals surface area contributed by atoms with Gasteiger partial charge >= 0.3 is 0 Å². The van der Waals surface area contributed by atoms with Crippen LogP contribution in [0.15, 0.2) is 23.1 Å². The molecule has 0 bridgehead atoms. The van der Waals surface area contributed by atoms with Crippen LogP contribution in [0.3, 0.4) is 0 Å². The molecule has 1 aliphatic rings. The summed E-state index contributed by atoms with van der Waals surface area (Å²) < 4.78 is 1.37. The number of nitrogens with zero attached hydrogens (tertiary/aromatic N) is 3. The zero-order chi connectivity index (χ0) is 15.4. The Bertz CT molecular complexity index is 547. The number of aromatic nitrogens is 1. The lowest BCUT2D eigenvalue weighted by Crippen LogP contribution is -2.52. The van der Waals surface area contributed by atoms with E-state index in [2.05, 4.69) is 18.7 Å². The standard InChI is InChI=1S/C15H24N4O2/c1-3-12(2)17-6-8-18(9-7-17)15(21)11-19-10-13(16)4-5-14(19)20/h4-5,10,12H,3,6-9,11,16H2,1-2H3. The van der Waals surface area contributed by atoms with Gasteiger partial charge in [-0.2, -0.15) is 0 Å². The molecule has 1 atom stereocenters. The van der Waals surface area contributed by atoms with Gasteiger partial charge in [0, 0.05) is 50.2 Å². The molecule has 1 amide bonds. The predicted molar refractivity (Wildman–Crippen MR) is 83.0 cm³/mol. The number of carbonyl (C=O) groups excluding carboxylic acids is 1. The number of carbonyl (C=O) groups is 1. The SMILES string of the molecule is CCC(C)N1CCN(C(=O)Cn2cc(N)ccc2=O)CC1. The third-order valence-corrected chi connectivity index (χ3v) is 4.19. The Morgan fingerprint density at radius 2 is 1.95 bits per heavy atom. The molecule has 0 saturated carbocycles. The molecule has 2 rings (SSSR count). The summed E-state index contributed by atoms with van der Waals surface area (Å²) in [5.74, 6) is -0.0218. The Balaban J connectivity index is 1.93. The maximum atomic E-state index is 12.3. The van der Waals surface area contributed by atoms with Crippen LogP contribution in [-0.4, -0.2) is 52.5 Å². The number of nitrogens with two attached hydrogens (primary N) is 1. The van der Waals surface area contributed by atoms with Gasteiger partial charge in [0.25, 0.3) is 5.56 Å². The monoisotopic (exact) mass is 292 g/mol. The van der Waals surface area contributed by atoms with Crippen molar-refractivity contribution >= 4 is 11.6 Å². The first-order chi connectivity index (χ1) is 10.0. The van der Waals surface area contributed by atoms with E-state index in [1.54, 1.807) is 6.07 Å². The van der Waals surface area contributed by atoms with Crippen molar-refractivity contribution in [2.24, 2.45) is 0 Å². The average molecular weight is 292 g/mol. The Morgan fingerprint density at radius 3 is 2.57 bits per heavy atom. The molecule has 1 unspecified atom stereocenters. The van der Waals surface area contributed by atoms with Crippen molar-refractivity contribution in [2.75, 3.05) is 31.9 Å². The highest BCUT2D eigenvalue weighted by Crippen LogP contribution is 2.09. The molecule has 6 heteroatoms. The lowest BCUT2D eigenvalue weighted by atomic mass is 10.2. The first kappa shape index (κ1) is 15.6. The van der Waals surface area contributed by atoms with Crippen molar-refractivity contribution < 1.29 is 4.79 Å². The number of rotatable bonds is 4. The smallest absolute Gasteiger partial charge is 0.251 e. The molecule has 2 heterocycles. The molecule has 1 aromatic heterocycles. The van der Waals surface area contributed by atoms with E-state index >= 15 is 0 Å². The van der Waals surface area contributed by atoms with Gasteiger partial charge in [-0.3, -0.25) is 14.5 Å². The third kappa shape index (κ3) is 3.85. The lowest BCUT2D eigenvalue weighted by molar-refractivity contribution is -0.133. The van der Waals surface area contributed by atoms with Crippen molar-refractivity contribution in [3.05, 3.63) is 28.7 Å². The highest BCUT2D eigenvalue weighted by Gasteiger charge is 2.23. The summed E-state index contributed by atoms with van der Waals surface area (Å²) in [4.78, 5) is 28.2. The quantitative estimate of drug-likeness (QED) is 0.870. The molecule has 2 N–H and O–H groups in total. The van der Waals surface area contributed by atoms with Gasteiger partial charge in [-0.15, -0.1) is 0 Å². The van der Waals surface area contributed by atoms with Crippen molar-refractivity contribution in [1.82, 2.24) is 14.4 Å². The molecular weight excluding hydrogens is 268 g/mol. The molecule has 0 aromatic carbocycles. The zero-order valence-corrected chi connectivity index (χ0v) is 12.8. The maximum Gasteiger partial charge on any atom is 0.251 e. The summed E-state index contributed by atoms with van der Waals surface area (Å²) in [6.45, 7) is 7.69. The van der Waals surface area contributed by atoms with E-state index in [4.69, 9.17) is 5.73 Å². The minimum atomic E-state index is -0.198. The van der Waals surface area contributed by atoms with E-state index in [-0.39, 0.29) is 18.0 Å². The fraction of sp³-hybridized carbons (Fsp3) is 0.600. The zero-order valence-electron chi connectivity index (χ0n) is 12.8. The van der Waals surface area contributed by atoms with Gasteiger partial charge in [-0.25, -0.2) is 0 Å². The molecule has 0 spiro atoms. The van der Waals surface area contributed by atoms with Gasteiger partial charge in [0.15, 0.2) is 0 Å². The summed E-state index contributed by atoms with van der Waals surface area (Å²) in [5, 5.41) is 0. The minimum Gasteiger partial charge on any atom is -0.398 e. The van der Waals surface area contributed by atoms with Gasteiger partial charge in [0.1, 0.15) is 6.54 Å². The summed E-state index contributed by atoms with van der Waals surface area (Å²) in [7, 11) is 0. The number of amides is 1. The van der Waals surface area contributed by atoms with E-state index in [1.165, 1.54) is 16.8 Å². The van der Waals surface area contributed by atoms with E-state index in [9.17, 15) is 9.59 Å². The van der Waals surface area contributed by atoms with Crippen LogP contribution in [0.4, 0.5) is 5.69 Å². The highest BCUT2D eigenvalue weighted by atomic mass is 16.2. The number of pyridine rings is 1. The molecule has 116 valence electrons. The van der Waals surface area contributed by atoms with Crippen molar-refractivity contribution in [3.63, 3.8) is 0 Å². The minimum absolute atomic E-state index is 0.0218. The molecular formula is C15H24N4O2. The average Bonchev–Trinajstić information content (AvgIpc) is 2.50. The van der Waals surface area contributed by atoms with Gasteiger partial charge in [-0.1, -0.05) is 6.92 Å². The molecule has 21 heavy (non-hydrogen) atoms. The largest absolute Gasteiger partial charge is 0.398 e. The topological polar surface area (TPSA) is 71.6 Å². The van der Waals surface area contributed by atoms with E-state index in [0.717, 1.165) is 32.6 Å². The third-order valence-electron chi connectivity index (χ3n) is 4.19. The summed E-state index contributed by atoms with van der Waals surface area (Å²) in [6.07, 6.45) is 2.64. The molecule has 0 radical (unpaired) electrons. The molecule has 0 aliphatic carbocycles. The van der Waals surface area contributed by atoms with Crippen LogP contribution in [-0.2, 0) is 11.3 Å². The normalized spacial score (nSPS) is 17.7. The molecule has 1 fully saturated rings. The first-order valence-electron chi connectivity index (χ1n) is 7.49. The second-order valence-electron chi connectivity index (χ2n) is 5.60. The lowest BCUT2D eigenvalue weighted by Gasteiger charge is -2.37. The number of hydrogen-bond donors (Lipinski definition) is 1. The Kier molecular flexibility index (Phi) is 5.01. The van der Waals surface area contributed by atoms with E-state index < -0.39 is 0 Å². The first-order valence-corrected chi connectivity index (χ1v) is 7.49. The number of anilines is 1. The summed E-state index contributed by atoms with van der Waals surface area (Å²) in [6, 6.07) is 3.50. The number of nitrogen functional groups attached to an aromatic ring is 1. The van der Waals surface area contributed by atoms with Gasteiger partial charge < -0.3 is 15.2 Å². The predicted octanol–water partition coefficient (Wildman–Crippen LogP) is 0.373. The van der Waals surface area contributed by atoms with Crippen LogP contribution < -0.4 is 11.3 Å². The van der Waals surface area contributed by atoms with Crippen LogP contribution in [0.5, 0.6) is 0 Å². The van der Waals surface area contributed by atoms with Gasteiger partial charge in [-0.05, 0) is 19.4 Å². The van der Waals surface area contributed by atoms with Crippen LogP contribution in [0, 0.1) is 0 Å². The molecule has 1 aliphatic heterocycles. The fourth-order valence-electron chi connectivity index (χ4n) is 2.59. The fourth-order valence-corrected chi connectivity index (χ4v) is 2.59. The van der Waals surface area contributed by atoms with E-state index in [0.29, 0.717) is 11.7 Å². The van der Waals surface area contributed by atoms with Crippen LogP contribution in [0.2, 0.25) is 0 Å². The van der Waals surface area contributed by atoms with Crippen molar-refractivity contribution in [1.29, 1.82) is 0 Å². The van der Waals surface area contributed by atoms with E-state index in [1.807, 2.05) is 4.90 Å².